The molecule has 7 nitrogen and oxygen atoms in total. The maximum Gasteiger partial charge on any atom is 0.255 e. The van der Waals surface area contributed by atoms with Crippen molar-refractivity contribution in [3.05, 3.63) is 69.5 Å². The molecule has 0 spiro atoms. The third kappa shape index (κ3) is 5.44. The van der Waals surface area contributed by atoms with Crippen molar-refractivity contribution in [2.45, 2.75) is 30.8 Å². The molecule has 2 amide bonds. The molecule has 1 aliphatic carbocycles. The van der Waals surface area contributed by atoms with Crippen LogP contribution >= 0.6 is 23.2 Å². The van der Waals surface area contributed by atoms with Crippen LogP contribution in [-0.2, 0) is 11.2 Å². The minimum Gasteiger partial charge on any atom is -0.488 e. The summed E-state index contributed by atoms with van der Waals surface area (Å²) in [4.78, 5) is 26.2. The molecule has 0 unspecified atom stereocenters. The molecule has 34 heavy (non-hydrogen) atoms. The predicted molar refractivity (Wildman–Crippen MR) is 124 cm³/mol. The van der Waals surface area contributed by atoms with Crippen LogP contribution in [0.1, 0.15) is 28.8 Å². The van der Waals surface area contributed by atoms with Gasteiger partial charge in [-0.15, -0.1) is 0 Å². The van der Waals surface area contributed by atoms with Crippen LogP contribution in [0.2, 0.25) is 10.0 Å². The lowest BCUT2D eigenvalue weighted by Crippen LogP contribution is -2.51. The van der Waals surface area contributed by atoms with Crippen molar-refractivity contribution in [1.82, 2.24) is 10.6 Å². The summed E-state index contributed by atoms with van der Waals surface area (Å²) in [5, 5.41) is 14.9. The highest BCUT2D eigenvalue weighted by Gasteiger charge is 2.45. The van der Waals surface area contributed by atoms with E-state index in [-0.39, 0.29) is 36.0 Å². The fourth-order valence-electron chi connectivity index (χ4n) is 3.46. The van der Waals surface area contributed by atoms with Crippen molar-refractivity contribution in [2.24, 2.45) is 0 Å². The number of nitrogens with one attached hydrogen (secondary N) is 2. The lowest BCUT2D eigenvalue weighted by molar-refractivity contribution is -0.123. The monoisotopic (exact) mass is 503 g/mol. The van der Waals surface area contributed by atoms with E-state index in [0.29, 0.717) is 29.2 Å². The quantitative estimate of drug-likeness (QED) is 0.603. The van der Waals surface area contributed by atoms with E-state index >= 15 is 0 Å². The van der Waals surface area contributed by atoms with E-state index in [9.17, 15) is 19.2 Å². The van der Waals surface area contributed by atoms with Crippen molar-refractivity contribution in [2.75, 3.05) is 13.2 Å². The van der Waals surface area contributed by atoms with E-state index in [2.05, 4.69) is 16.7 Å². The molecule has 0 radical (unpaired) electrons. The number of ether oxygens (including phenoxy) is 2. The lowest BCUT2D eigenvalue weighted by Gasteiger charge is -2.22. The molecule has 2 N–H and O–H groups in total. The van der Waals surface area contributed by atoms with Crippen LogP contribution in [0.3, 0.4) is 0 Å². The molecule has 0 saturated heterocycles. The molecule has 2 bridgehead atoms. The number of halogens is 3. The summed E-state index contributed by atoms with van der Waals surface area (Å²) in [6.07, 6.45) is 4.48. The van der Waals surface area contributed by atoms with Crippen LogP contribution in [0, 0.1) is 17.1 Å². The number of carbonyl (C=O) groups excluding carboxylic acids is 2. The molecule has 2 aromatic carbocycles. The van der Waals surface area contributed by atoms with E-state index in [1.807, 2.05) is 0 Å². The first kappa shape index (κ1) is 23.9. The first-order chi connectivity index (χ1) is 16.3. The van der Waals surface area contributed by atoms with Crippen molar-refractivity contribution >= 4 is 35.0 Å². The van der Waals surface area contributed by atoms with Gasteiger partial charge in [-0.2, -0.15) is 5.26 Å². The predicted octanol–water partition coefficient (Wildman–Crippen LogP) is 3.97. The SMILES string of the molecule is N#CC1(NC(=O)[C@@H]2Cc3ccc(c(Cl)c3)OCC=CCOc3c(Cl)cc(F)cc3C(=O)N2)CC1. The summed E-state index contributed by atoms with van der Waals surface area (Å²) in [5.74, 6) is -1.58. The Labute approximate surface area is 205 Å². The Morgan fingerprint density at radius 2 is 1.88 bits per heavy atom. The number of carbonyl (C=O) groups is 2. The topological polar surface area (TPSA) is 100 Å². The molecule has 10 heteroatoms. The molecule has 1 atom stereocenters. The molecule has 2 aromatic rings. The highest BCUT2D eigenvalue weighted by molar-refractivity contribution is 6.33. The van der Waals surface area contributed by atoms with Crippen molar-refractivity contribution in [3.63, 3.8) is 0 Å². The Hall–Kier alpha value is -3.28. The third-order valence-corrected chi connectivity index (χ3v) is 6.04. The second-order valence-electron chi connectivity index (χ2n) is 8.04. The van der Waals surface area contributed by atoms with Crippen LogP contribution in [0.25, 0.3) is 0 Å². The molecule has 5 rings (SSSR count). The Balaban J connectivity index is 1.70. The summed E-state index contributed by atoms with van der Waals surface area (Å²) in [6.45, 7) is 0.254. The van der Waals surface area contributed by atoms with Gasteiger partial charge in [0.15, 0.2) is 5.75 Å². The van der Waals surface area contributed by atoms with Gasteiger partial charge in [0.25, 0.3) is 5.91 Å². The summed E-state index contributed by atoms with van der Waals surface area (Å²) in [7, 11) is 0. The zero-order valence-corrected chi connectivity index (χ0v) is 19.4. The fourth-order valence-corrected chi connectivity index (χ4v) is 3.98. The van der Waals surface area contributed by atoms with Crippen LogP contribution < -0.4 is 20.1 Å². The smallest absolute Gasteiger partial charge is 0.255 e. The van der Waals surface area contributed by atoms with Gasteiger partial charge in [-0.3, -0.25) is 9.59 Å². The maximum absolute atomic E-state index is 14.1. The summed E-state index contributed by atoms with van der Waals surface area (Å²) < 4.78 is 25.4. The van der Waals surface area contributed by atoms with Gasteiger partial charge >= 0.3 is 0 Å². The van der Waals surface area contributed by atoms with Crippen molar-refractivity contribution in [3.8, 4) is 17.6 Å². The summed E-state index contributed by atoms with van der Waals surface area (Å²) in [5.41, 5.74) is -0.444. The van der Waals surface area contributed by atoms with E-state index in [4.69, 9.17) is 32.7 Å². The number of hydrogen-bond acceptors (Lipinski definition) is 5. The first-order valence-corrected chi connectivity index (χ1v) is 11.3. The molecular formula is C24H20Cl2FN3O4. The number of fused-ring (bicyclic) bond motifs is 9. The summed E-state index contributed by atoms with van der Waals surface area (Å²) in [6, 6.07) is 8.08. The van der Waals surface area contributed by atoms with E-state index in [0.717, 1.165) is 12.1 Å². The first-order valence-electron chi connectivity index (χ1n) is 10.5. The van der Waals surface area contributed by atoms with Crippen LogP contribution in [0.5, 0.6) is 11.5 Å². The molecule has 2 aliphatic heterocycles. The third-order valence-electron chi connectivity index (χ3n) is 5.46. The molecule has 176 valence electrons. The van der Waals surface area contributed by atoms with Crippen LogP contribution in [0.4, 0.5) is 4.39 Å². The van der Waals surface area contributed by atoms with Gasteiger partial charge in [0.1, 0.15) is 36.4 Å². The maximum atomic E-state index is 14.1. The van der Waals surface area contributed by atoms with E-state index in [1.54, 1.807) is 30.4 Å². The van der Waals surface area contributed by atoms with Crippen molar-refractivity contribution in [1.29, 1.82) is 5.26 Å². The second kappa shape index (κ2) is 9.92. The normalized spacial score (nSPS) is 19.1. The zero-order chi connectivity index (χ0) is 24.3. The average Bonchev–Trinajstić information content (AvgIpc) is 3.56. The average molecular weight is 504 g/mol. The number of nitriles is 1. The number of rotatable bonds is 2. The van der Waals surface area contributed by atoms with Crippen LogP contribution in [-0.4, -0.2) is 36.6 Å². The van der Waals surface area contributed by atoms with E-state index in [1.165, 1.54) is 0 Å². The van der Waals surface area contributed by atoms with Gasteiger partial charge in [-0.05, 0) is 54.8 Å². The Morgan fingerprint density at radius 1 is 1.15 bits per heavy atom. The van der Waals surface area contributed by atoms with Gasteiger partial charge < -0.3 is 20.1 Å². The number of amides is 2. The molecule has 1 saturated carbocycles. The Kier molecular flexibility index (Phi) is 6.96. The zero-order valence-electron chi connectivity index (χ0n) is 17.9. The fraction of sp³-hybridized carbons (Fsp3) is 0.292. The molecule has 3 aliphatic rings. The van der Waals surface area contributed by atoms with Gasteiger partial charge in [-0.25, -0.2) is 4.39 Å². The lowest BCUT2D eigenvalue weighted by atomic mass is 10.0. The standard InChI is InChI=1S/C24H20Cl2FN3O4/c25-17-9-14-3-4-20(17)33-7-1-2-8-34-21-16(11-15(27)12-18(21)26)22(31)29-19(10-14)23(32)30-24(13-28)5-6-24/h1-4,9,11-12,19H,5-8,10H2,(H,29,31)(H,30,32)/t19-/m0/s1. The van der Waals surface area contributed by atoms with Gasteiger partial charge in [-0.1, -0.05) is 29.3 Å². The Bertz CT molecular complexity index is 1210. The minimum atomic E-state index is -1.08. The Morgan fingerprint density at radius 3 is 2.56 bits per heavy atom. The molecule has 1 fully saturated rings. The molecular weight excluding hydrogens is 484 g/mol. The minimum absolute atomic E-state index is 0.0144. The number of benzene rings is 2. The summed E-state index contributed by atoms with van der Waals surface area (Å²) >= 11 is 12.5. The molecule has 0 aromatic heterocycles. The van der Waals surface area contributed by atoms with Crippen molar-refractivity contribution < 1.29 is 23.5 Å². The molecule has 2 heterocycles. The van der Waals surface area contributed by atoms with Gasteiger partial charge in [0.2, 0.25) is 5.91 Å². The highest BCUT2D eigenvalue weighted by Crippen LogP contribution is 2.35. The number of hydrogen-bond donors (Lipinski definition) is 2. The largest absolute Gasteiger partial charge is 0.488 e. The number of nitrogens with zero attached hydrogens (tertiary/aromatic N) is 1. The van der Waals surface area contributed by atoms with E-state index < -0.39 is 29.2 Å². The second-order valence-corrected chi connectivity index (χ2v) is 8.85. The highest BCUT2D eigenvalue weighted by atomic mass is 35.5. The van der Waals surface area contributed by atoms with Gasteiger partial charge in [0.05, 0.1) is 21.7 Å². The van der Waals surface area contributed by atoms with Gasteiger partial charge in [0, 0.05) is 6.42 Å². The van der Waals surface area contributed by atoms with Crippen LogP contribution in [0.15, 0.2) is 42.5 Å².